The molecule has 0 saturated carbocycles. The van der Waals surface area contributed by atoms with Crippen LogP contribution in [0.4, 0.5) is 0 Å². The van der Waals surface area contributed by atoms with Gasteiger partial charge in [0.05, 0.1) is 29.5 Å². The molecule has 2 saturated heterocycles. The van der Waals surface area contributed by atoms with Gasteiger partial charge in [-0.05, 0) is 49.2 Å². The van der Waals surface area contributed by atoms with Crippen molar-refractivity contribution >= 4 is 54.4 Å². The van der Waals surface area contributed by atoms with Gasteiger partial charge in [-0.15, -0.1) is 5.10 Å². The zero-order valence-electron chi connectivity index (χ0n) is 22.7. The summed E-state index contributed by atoms with van der Waals surface area (Å²) in [6.45, 7) is 1.67. The molecule has 0 aliphatic carbocycles. The van der Waals surface area contributed by atoms with Crippen molar-refractivity contribution in [3.05, 3.63) is 74.3 Å². The van der Waals surface area contributed by atoms with E-state index in [-0.39, 0.29) is 59.6 Å². The molecule has 0 bridgehead atoms. The molecule has 6 rings (SSSR count). The van der Waals surface area contributed by atoms with Crippen LogP contribution in [0, 0.1) is 0 Å². The smallest absolute Gasteiger partial charge is 0.281 e. The fourth-order valence-corrected chi connectivity index (χ4v) is 8.65. The molecule has 2 aliphatic rings. The number of hydrogen-bond acceptors (Lipinski definition) is 9. The quantitative estimate of drug-likeness (QED) is 0.312. The van der Waals surface area contributed by atoms with Crippen molar-refractivity contribution in [1.29, 1.82) is 0 Å². The first-order valence-corrected chi connectivity index (χ1v) is 17.1. The normalized spacial score (nSPS) is 17.9. The lowest BCUT2D eigenvalue weighted by Gasteiger charge is -2.30. The number of morpholine rings is 1. The Hall–Kier alpha value is -2.92. The first-order chi connectivity index (χ1) is 20.6. The van der Waals surface area contributed by atoms with Crippen LogP contribution in [0.2, 0.25) is 10.0 Å². The Morgan fingerprint density at radius 1 is 0.860 bits per heavy atom. The summed E-state index contributed by atoms with van der Waals surface area (Å²) in [5.41, 5.74) is 0.521. The highest BCUT2D eigenvalue weighted by Crippen LogP contribution is 2.30. The van der Waals surface area contributed by atoms with Crippen molar-refractivity contribution in [2.24, 2.45) is 0 Å². The van der Waals surface area contributed by atoms with Gasteiger partial charge in [0.2, 0.25) is 20.0 Å². The predicted octanol–water partition coefficient (Wildman–Crippen LogP) is 2.46. The fourth-order valence-electron chi connectivity index (χ4n) is 5.25. The van der Waals surface area contributed by atoms with Gasteiger partial charge in [-0.3, -0.25) is 4.79 Å². The average molecular weight is 669 g/mol. The molecule has 0 atom stereocenters. The summed E-state index contributed by atoms with van der Waals surface area (Å²) in [7, 11) is -7.62. The van der Waals surface area contributed by atoms with E-state index in [0.717, 1.165) is 0 Å². The number of H-pyrrole nitrogens is 1. The average Bonchev–Trinajstić information content (AvgIpc) is 3.43. The second-order valence-corrected chi connectivity index (χ2v) is 14.9. The van der Waals surface area contributed by atoms with Gasteiger partial charge < -0.3 is 9.72 Å². The van der Waals surface area contributed by atoms with E-state index in [1.807, 2.05) is 0 Å². The van der Waals surface area contributed by atoms with Gasteiger partial charge in [0.15, 0.2) is 11.2 Å². The lowest BCUT2D eigenvalue weighted by molar-refractivity contribution is 0.0730. The summed E-state index contributed by atoms with van der Waals surface area (Å²) in [5.74, 6) is 0.206. The maximum atomic E-state index is 13.4. The third kappa shape index (κ3) is 5.82. The monoisotopic (exact) mass is 667 g/mol. The number of ether oxygens (including phenoxy) is 1. The zero-order chi connectivity index (χ0) is 30.4. The number of aromatic amines is 1. The summed E-state index contributed by atoms with van der Waals surface area (Å²) < 4.78 is 62.0. The molecule has 17 heteroatoms. The van der Waals surface area contributed by atoms with Gasteiger partial charge in [0.25, 0.3) is 5.56 Å². The topological polar surface area (TPSA) is 160 Å². The number of sulfonamides is 2. The van der Waals surface area contributed by atoms with Gasteiger partial charge in [-0.2, -0.15) is 8.61 Å². The SMILES string of the molecule is O=c1[nH]c(C2CCN(S(=O)(=O)c3ccc(S(=O)(=O)N4CCOCC4)cc3)CC2)nc2c1nnn2Cc1c(Cl)cccc1Cl. The molecule has 4 heterocycles. The van der Waals surface area contributed by atoms with Crippen LogP contribution in [0.5, 0.6) is 0 Å². The van der Waals surface area contributed by atoms with Crippen LogP contribution in [0.1, 0.15) is 30.1 Å². The van der Waals surface area contributed by atoms with Crippen molar-refractivity contribution in [2.75, 3.05) is 39.4 Å². The Morgan fingerprint density at radius 2 is 1.42 bits per heavy atom. The van der Waals surface area contributed by atoms with Crippen LogP contribution in [0.15, 0.2) is 57.1 Å². The van der Waals surface area contributed by atoms with Crippen LogP contribution in [-0.4, -0.2) is 89.8 Å². The Morgan fingerprint density at radius 3 is 2.00 bits per heavy atom. The second-order valence-electron chi connectivity index (χ2n) is 10.2. The minimum atomic E-state index is -3.87. The molecule has 13 nitrogen and oxygen atoms in total. The standard InChI is InChI=1S/C26H27Cl2N7O6S2/c27-21-2-1-3-22(28)20(21)16-35-25-23(31-32-35)26(36)30-24(29-25)17-8-10-33(11-9-17)42(37,38)18-4-6-19(7-5-18)43(39,40)34-12-14-41-15-13-34/h1-7,17H,8-16H2,(H,29,30,36). The minimum Gasteiger partial charge on any atom is -0.379 e. The molecule has 0 unspecified atom stereocenters. The molecular formula is C26H27Cl2N7O6S2. The molecule has 4 aromatic rings. The van der Waals surface area contributed by atoms with Crippen LogP contribution >= 0.6 is 23.2 Å². The number of fused-ring (bicyclic) bond motifs is 1. The van der Waals surface area contributed by atoms with E-state index in [1.54, 1.807) is 18.2 Å². The van der Waals surface area contributed by atoms with Gasteiger partial charge in [0, 0.05) is 47.7 Å². The van der Waals surface area contributed by atoms with Gasteiger partial charge in [-0.25, -0.2) is 26.5 Å². The summed E-state index contributed by atoms with van der Waals surface area (Å²) in [6.07, 6.45) is 0.824. The van der Waals surface area contributed by atoms with Crippen LogP contribution in [-0.2, 0) is 31.3 Å². The number of benzene rings is 2. The van der Waals surface area contributed by atoms with Crippen molar-refractivity contribution in [1.82, 2.24) is 33.6 Å². The van der Waals surface area contributed by atoms with Gasteiger partial charge in [-0.1, -0.05) is 34.5 Å². The number of rotatable bonds is 7. The first-order valence-electron chi connectivity index (χ1n) is 13.5. The molecule has 0 amide bonds. The molecule has 2 aromatic carbocycles. The maximum Gasteiger partial charge on any atom is 0.281 e. The minimum absolute atomic E-state index is 0.00744. The number of nitrogens with one attached hydrogen (secondary N) is 1. The molecule has 2 fully saturated rings. The highest BCUT2D eigenvalue weighted by atomic mass is 35.5. The molecule has 2 aromatic heterocycles. The number of aromatic nitrogens is 5. The van der Waals surface area contributed by atoms with E-state index in [2.05, 4.69) is 20.3 Å². The summed E-state index contributed by atoms with van der Waals surface area (Å²) >= 11 is 12.6. The Balaban J connectivity index is 1.17. The van der Waals surface area contributed by atoms with Gasteiger partial charge in [0.1, 0.15) is 5.82 Å². The second kappa shape index (κ2) is 11.9. The highest BCUT2D eigenvalue weighted by Gasteiger charge is 2.32. The van der Waals surface area contributed by atoms with Crippen molar-refractivity contribution < 1.29 is 21.6 Å². The molecule has 2 aliphatic heterocycles. The van der Waals surface area contributed by atoms with Crippen LogP contribution in [0.25, 0.3) is 11.2 Å². The third-order valence-electron chi connectivity index (χ3n) is 7.67. The summed E-state index contributed by atoms with van der Waals surface area (Å²) in [4.78, 5) is 20.3. The summed E-state index contributed by atoms with van der Waals surface area (Å²) in [5, 5.41) is 8.95. The van der Waals surface area contributed by atoms with Crippen molar-refractivity contribution in [2.45, 2.75) is 35.1 Å². The molecule has 0 radical (unpaired) electrons. The van der Waals surface area contributed by atoms with E-state index in [9.17, 15) is 21.6 Å². The number of piperidine rings is 1. The number of hydrogen-bond donors (Lipinski definition) is 1. The third-order valence-corrected chi connectivity index (χ3v) is 12.2. The Labute approximate surface area is 257 Å². The van der Waals surface area contributed by atoms with Gasteiger partial charge >= 0.3 is 0 Å². The Bertz CT molecular complexity index is 1910. The van der Waals surface area contributed by atoms with Crippen LogP contribution in [0.3, 0.4) is 0 Å². The van der Waals surface area contributed by atoms with Crippen molar-refractivity contribution in [3.8, 4) is 0 Å². The Kier molecular flexibility index (Phi) is 8.32. The summed E-state index contributed by atoms with van der Waals surface area (Å²) in [6, 6.07) is 10.4. The largest absolute Gasteiger partial charge is 0.379 e. The number of nitrogens with zero attached hydrogens (tertiary/aromatic N) is 6. The lowest BCUT2D eigenvalue weighted by Crippen LogP contribution is -2.40. The molecule has 0 spiro atoms. The van der Waals surface area contributed by atoms with E-state index >= 15 is 0 Å². The lowest BCUT2D eigenvalue weighted by atomic mass is 9.97. The fraction of sp³-hybridized carbons (Fsp3) is 0.385. The van der Waals surface area contributed by atoms with E-state index in [4.69, 9.17) is 27.9 Å². The number of halogens is 2. The molecule has 228 valence electrons. The zero-order valence-corrected chi connectivity index (χ0v) is 25.8. The van der Waals surface area contributed by atoms with Crippen molar-refractivity contribution in [3.63, 3.8) is 0 Å². The molecular weight excluding hydrogens is 641 g/mol. The highest BCUT2D eigenvalue weighted by molar-refractivity contribution is 7.89. The van der Waals surface area contributed by atoms with E-state index in [0.29, 0.717) is 47.5 Å². The van der Waals surface area contributed by atoms with E-state index < -0.39 is 25.6 Å². The van der Waals surface area contributed by atoms with Crippen LogP contribution < -0.4 is 5.56 Å². The predicted molar refractivity (Wildman–Crippen MR) is 158 cm³/mol. The molecule has 43 heavy (non-hydrogen) atoms. The van der Waals surface area contributed by atoms with E-state index in [1.165, 1.54) is 37.6 Å². The maximum absolute atomic E-state index is 13.4. The molecule has 1 N–H and O–H groups in total. The first kappa shape index (κ1) is 30.1.